The van der Waals surface area contributed by atoms with Crippen LogP contribution in [0.4, 0.5) is 5.69 Å². The first-order valence-electron chi connectivity index (χ1n) is 10.3. The number of aryl methyl sites for hydroxylation is 1. The van der Waals surface area contributed by atoms with Crippen LogP contribution in [0, 0.1) is 6.92 Å². The van der Waals surface area contributed by atoms with Gasteiger partial charge in [0.2, 0.25) is 10.0 Å². The first kappa shape index (κ1) is 22.3. The van der Waals surface area contributed by atoms with Crippen molar-refractivity contribution < 1.29 is 13.2 Å². The van der Waals surface area contributed by atoms with Gasteiger partial charge >= 0.3 is 0 Å². The molecule has 1 aliphatic heterocycles. The third-order valence-electron chi connectivity index (χ3n) is 5.61. The number of rotatable bonds is 6. The van der Waals surface area contributed by atoms with E-state index in [1.165, 1.54) is 10.4 Å². The van der Waals surface area contributed by atoms with E-state index in [4.69, 9.17) is 0 Å². The largest absolute Gasteiger partial charge is 0.378 e. The van der Waals surface area contributed by atoms with Crippen molar-refractivity contribution in [2.24, 2.45) is 0 Å². The molecule has 6 nitrogen and oxygen atoms in total. The summed E-state index contributed by atoms with van der Waals surface area (Å²) in [6, 6.07) is 12.9. The minimum Gasteiger partial charge on any atom is -0.378 e. The van der Waals surface area contributed by atoms with E-state index in [1.54, 1.807) is 24.1 Å². The lowest BCUT2D eigenvalue weighted by Crippen LogP contribution is -2.35. The minimum absolute atomic E-state index is 0.181. The van der Waals surface area contributed by atoms with Crippen LogP contribution in [-0.4, -0.2) is 57.8 Å². The van der Waals surface area contributed by atoms with Gasteiger partial charge in [-0.1, -0.05) is 24.6 Å². The third kappa shape index (κ3) is 4.84. The fraction of sp³-hybridized carbons (Fsp3) is 0.435. The van der Waals surface area contributed by atoms with Gasteiger partial charge in [0.05, 0.1) is 4.90 Å². The summed E-state index contributed by atoms with van der Waals surface area (Å²) < 4.78 is 27.6. The lowest BCUT2D eigenvalue weighted by atomic mass is 10.1. The summed E-state index contributed by atoms with van der Waals surface area (Å²) in [7, 11) is 2.14. The average molecular weight is 430 g/mol. The van der Waals surface area contributed by atoms with Crippen LogP contribution >= 0.6 is 0 Å². The number of amides is 1. The molecule has 0 spiro atoms. The van der Waals surface area contributed by atoms with Crippen molar-refractivity contribution in [2.45, 2.75) is 37.6 Å². The second-order valence-electron chi connectivity index (χ2n) is 8.16. The Morgan fingerprint density at radius 2 is 1.60 bits per heavy atom. The first-order chi connectivity index (χ1) is 14.2. The van der Waals surface area contributed by atoms with Crippen molar-refractivity contribution in [3.63, 3.8) is 0 Å². The molecule has 1 aliphatic rings. The third-order valence-corrected chi connectivity index (χ3v) is 7.51. The number of anilines is 1. The normalized spacial score (nSPS) is 15.1. The van der Waals surface area contributed by atoms with Crippen LogP contribution in [0.25, 0.3) is 0 Å². The standard InChI is InChI=1S/C23H31N3O3S/c1-18-8-13-21(30(28,29)26-14-6-5-7-15-26)16-22(18)23(27)25(4)17-19-9-11-20(12-10-19)24(2)3/h8-13,16H,5-7,14-15,17H2,1-4H3. The van der Waals surface area contributed by atoms with E-state index in [2.05, 4.69) is 0 Å². The minimum atomic E-state index is -3.57. The monoisotopic (exact) mass is 429 g/mol. The number of nitrogens with zero attached hydrogens (tertiary/aromatic N) is 3. The van der Waals surface area contributed by atoms with E-state index >= 15 is 0 Å². The second-order valence-corrected chi connectivity index (χ2v) is 10.1. The number of carbonyl (C=O) groups is 1. The van der Waals surface area contributed by atoms with E-state index in [-0.39, 0.29) is 10.8 Å². The van der Waals surface area contributed by atoms with Crippen LogP contribution in [0.1, 0.15) is 40.7 Å². The Labute approximate surface area is 180 Å². The van der Waals surface area contributed by atoms with Gasteiger partial charge in [0.25, 0.3) is 5.91 Å². The molecule has 0 saturated carbocycles. The van der Waals surface area contributed by atoms with Gasteiger partial charge in [-0.3, -0.25) is 4.79 Å². The highest BCUT2D eigenvalue weighted by atomic mass is 32.2. The maximum Gasteiger partial charge on any atom is 0.254 e. The maximum atomic E-state index is 13.1. The Bertz CT molecular complexity index is 995. The number of benzene rings is 2. The summed E-state index contributed by atoms with van der Waals surface area (Å²) in [5.74, 6) is -0.181. The van der Waals surface area contributed by atoms with Gasteiger partial charge < -0.3 is 9.80 Å². The summed E-state index contributed by atoms with van der Waals surface area (Å²) in [6.07, 6.45) is 2.82. The number of hydrogen-bond acceptors (Lipinski definition) is 4. The van der Waals surface area contributed by atoms with Gasteiger partial charge in [0.1, 0.15) is 0 Å². The zero-order valence-corrected chi connectivity index (χ0v) is 19.1. The molecule has 1 amide bonds. The van der Waals surface area contributed by atoms with Crippen LogP contribution in [0.5, 0.6) is 0 Å². The van der Waals surface area contributed by atoms with Crippen LogP contribution < -0.4 is 4.90 Å². The van der Waals surface area contributed by atoms with Crippen molar-refractivity contribution >= 4 is 21.6 Å². The number of hydrogen-bond donors (Lipinski definition) is 0. The Kier molecular flexibility index (Phi) is 6.83. The number of sulfonamides is 1. The lowest BCUT2D eigenvalue weighted by molar-refractivity contribution is 0.0784. The van der Waals surface area contributed by atoms with E-state index in [1.807, 2.05) is 50.2 Å². The molecule has 1 saturated heterocycles. The van der Waals surface area contributed by atoms with Crippen molar-refractivity contribution in [2.75, 3.05) is 39.1 Å². The summed E-state index contributed by atoms with van der Waals surface area (Å²) >= 11 is 0. The van der Waals surface area contributed by atoms with Gasteiger partial charge in [-0.2, -0.15) is 4.31 Å². The smallest absolute Gasteiger partial charge is 0.254 e. The summed E-state index contributed by atoms with van der Waals surface area (Å²) in [6.45, 7) is 3.38. The van der Waals surface area contributed by atoms with Crippen LogP contribution in [0.2, 0.25) is 0 Å². The molecular formula is C23H31N3O3S. The zero-order chi connectivity index (χ0) is 21.9. The van der Waals surface area contributed by atoms with Crippen LogP contribution in [0.3, 0.4) is 0 Å². The maximum absolute atomic E-state index is 13.1. The summed E-state index contributed by atoms with van der Waals surface area (Å²) in [5.41, 5.74) is 3.32. The van der Waals surface area contributed by atoms with E-state index < -0.39 is 10.0 Å². The van der Waals surface area contributed by atoms with E-state index in [0.717, 1.165) is 36.1 Å². The molecule has 3 rings (SSSR count). The van der Waals surface area contributed by atoms with Crippen molar-refractivity contribution in [3.8, 4) is 0 Å². The zero-order valence-electron chi connectivity index (χ0n) is 18.3. The molecule has 30 heavy (non-hydrogen) atoms. The quantitative estimate of drug-likeness (QED) is 0.705. The predicted octanol–water partition coefficient (Wildman–Crippen LogP) is 3.51. The summed E-state index contributed by atoms with van der Waals surface area (Å²) in [4.78, 5) is 17.0. The molecular weight excluding hydrogens is 398 g/mol. The van der Waals surface area contributed by atoms with Gasteiger partial charge in [-0.05, 0) is 55.2 Å². The highest BCUT2D eigenvalue weighted by Gasteiger charge is 2.27. The van der Waals surface area contributed by atoms with E-state index in [9.17, 15) is 13.2 Å². The fourth-order valence-electron chi connectivity index (χ4n) is 3.70. The topological polar surface area (TPSA) is 60.9 Å². The summed E-state index contributed by atoms with van der Waals surface area (Å²) in [5, 5.41) is 0. The van der Waals surface area contributed by atoms with Gasteiger partial charge in [-0.15, -0.1) is 0 Å². The molecule has 2 aromatic carbocycles. The Morgan fingerprint density at radius 1 is 0.967 bits per heavy atom. The molecule has 162 valence electrons. The number of carbonyl (C=O) groups excluding carboxylic acids is 1. The lowest BCUT2D eigenvalue weighted by Gasteiger charge is -2.26. The Morgan fingerprint density at radius 3 is 2.20 bits per heavy atom. The Balaban J connectivity index is 1.80. The molecule has 1 fully saturated rings. The molecule has 0 aromatic heterocycles. The SMILES string of the molecule is Cc1ccc(S(=O)(=O)N2CCCCC2)cc1C(=O)N(C)Cc1ccc(N(C)C)cc1. The van der Waals surface area contributed by atoms with Crippen LogP contribution in [0.15, 0.2) is 47.4 Å². The molecule has 0 bridgehead atoms. The van der Waals surface area contributed by atoms with Crippen molar-refractivity contribution in [3.05, 3.63) is 59.2 Å². The highest BCUT2D eigenvalue weighted by molar-refractivity contribution is 7.89. The molecule has 2 aromatic rings. The Hall–Kier alpha value is -2.38. The van der Waals surface area contributed by atoms with Gasteiger partial charge in [-0.25, -0.2) is 8.42 Å². The molecule has 1 heterocycles. The second kappa shape index (κ2) is 9.18. The van der Waals surface area contributed by atoms with Gasteiger partial charge in [0, 0.05) is 52.0 Å². The van der Waals surface area contributed by atoms with E-state index in [0.29, 0.717) is 25.2 Å². The highest BCUT2D eigenvalue weighted by Crippen LogP contribution is 2.24. The molecule has 0 atom stereocenters. The molecule has 0 aliphatic carbocycles. The van der Waals surface area contributed by atoms with Gasteiger partial charge in [0.15, 0.2) is 0 Å². The fourth-order valence-corrected chi connectivity index (χ4v) is 5.24. The molecule has 0 N–H and O–H groups in total. The number of piperidine rings is 1. The first-order valence-corrected chi connectivity index (χ1v) is 11.8. The molecule has 7 heteroatoms. The van der Waals surface area contributed by atoms with Crippen molar-refractivity contribution in [1.82, 2.24) is 9.21 Å². The van der Waals surface area contributed by atoms with Crippen molar-refractivity contribution in [1.29, 1.82) is 0 Å². The molecule has 0 unspecified atom stereocenters. The average Bonchev–Trinajstić information content (AvgIpc) is 2.74. The molecule has 0 radical (unpaired) electrons. The van der Waals surface area contributed by atoms with Crippen LogP contribution in [-0.2, 0) is 16.6 Å². The predicted molar refractivity (Wildman–Crippen MR) is 120 cm³/mol.